The van der Waals surface area contributed by atoms with Crippen molar-refractivity contribution >= 4 is 63.9 Å². The number of phosphoric acid groups is 1. The molecule has 3 atom stereocenters. The molecule has 3 aromatic heterocycles. The van der Waals surface area contributed by atoms with Crippen LogP contribution in [0.3, 0.4) is 0 Å². The van der Waals surface area contributed by atoms with Gasteiger partial charge in [-0.05, 0) is 110 Å². The number of rotatable bonds is 17. The van der Waals surface area contributed by atoms with E-state index in [2.05, 4.69) is 105 Å². The summed E-state index contributed by atoms with van der Waals surface area (Å²) in [6, 6.07) is 7.52. The summed E-state index contributed by atoms with van der Waals surface area (Å²) in [6.45, 7) is 6.21. The van der Waals surface area contributed by atoms with E-state index in [4.69, 9.17) is 13.8 Å². The number of carbonyl (C=O) groups excluding carboxylic acids is 4. The fraction of sp³-hybridized carbons (Fsp3) is 0.289. The number of hydrogen-bond donors (Lipinski definition) is 2. The first kappa shape index (κ1) is 48.1. The van der Waals surface area contributed by atoms with Gasteiger partial charge in [-0.15, -0.1) is 0 Å². The van der Waals surface area contributed by atoms with E-state index in [-0.39, 0.29) is 68.6 Å². The molecular formula is C45H38BrFN7O9P. The lowest BCUT2D eigenvalue weighted by molar-refractivity contribution is -0.137. The Hall–Kier alpha value is -6.94. The number of nitrogens with one attached hydrogen (secondary N) is 1. The maximum Gasteiger partial charge on any atom is 0.472 e. The molecule has 0 bridgehead atoms. The van der Waals surface area contributed by atoms with E-state index in [1.807, 2.05) is 0 Å². The Labute approximate surface area is 374 Å². The Morgan fingerprint density at radius 2 is 1.69 bits per heavy atom. The van der Waals surface area contributed by atoms with Crippen molar-refractivity contribution in [2.24, 2.45) is 0 Å². The van der Waals surface area contributed by atoms with Gasteiger partial charge in [-0.3, -0.25) is 32.9 Å². The molecule has 1 aromatic carbocycles. The van der Waals surface area contributed by atoms with Crippen LogP contribution in [-0.4, -0.2) is 96.5 Å². The third-order valence-corrected chi connectivity index (χ3v) is 10.4. The number of anilines is 1. The third-order valence-electron chi connectivity index (χ3n) is 9.02. The summed E-state index contributed by atoms with van der Waals surface area (Å²) < 4.78 is 43.8. The Bertz CT molecular complexity index is 2950. The molecule has 16 nitrogen and oxygen atoms in total. The van der Waals surface area contributed by atoms with Gasteiger partial charge in [-0.25, -0.2) is 23.9 Å². The number of ether oxygens (including phenoxy) is 1. The second-order valence-corrected chi connectivity index (χ2v) is 16.0. The smallest absolute Gasteiger partial charge is 0.472 e. The highest BCUT2D eigenvalue weighted by atomic mass is 79.9. The van der Waals surface area contributed by atoms with Crippen LogP contribution in [0.5, 0.6) is 0 Å². The summed E-state index contributed by atoms with van der Waals surface area (Å²) in [5, 5.41) is 7.57. The number of aromatic nitrogens is 5. The number of benzene rings is 1. The summed E-state index contributed by atoms with van der Waals surface area (Å²) in [7, 11) is -4.56. The van der Waals surface area contributed by atoms with Crippen molar-refractivity contribution in [1.82, 2.24) is 29.6 Å². The molecule has 2 amide bonds. The number of likely N-dealkylation sites (tertiary alicyclic amines) is 1. The van der Waals surface area contributed by atoms with Gasteiger partial charge in [0, 0.05) is 56.5 Å². The minimum Gasteiger partial charge on any atom is -0.487 e. The fourth-order valence-electron chi connectivity index (χ4n) is 5.98. The van der Waals surface area contributed by atoms with Gasteiger partial charge in [0.15, 0.2) is 11.6 Å². The Balaban J connectivity index is 1.14. The van der Waals surface area contributed by atoms with Crippen LogP contribution in [0.4, 0.5) is 10.2 Å². The second-order valence-electron chi connectivity index (χ2n) is 13.7. The van der Waals surface area contributed by atoms with E-state index in [1.54, 1.807) is 44.2 Å². The average Bonchev–Trinajstić information content (AvgIpc) is 3.85. The van der Waals surface area contributed by atoms with Crippen LogP contribution in [0.15, 0.2) is 117 Å². The molecular weight excluding hydrogens is 912 g/mol. The number of allylic oxidation sites excluding steroid dienone is 1. The molecule has 0 spiro atoms. The zero-order chi connectivity index (χ0) is 46.2. The molecule has 5 rings (SSSR count). The number of phosphoric ester groups is 1. The van der Waals surface area contributed by atoms with Crippen LogP contribution in [0.25, 0.3) is 22.0 Å². The van der Waals surface area contributed by atoms with Crippen LogP contribution < -0.4 is 5.32 Å². The molecule has 64 heavy (non-hydrogen) atoms. The molecule has 2 N–H and O–H groups in total. The predicted molar refractivity (Wildman–Crippen MR) is 232 cm³/mol. The van der Waals surface area contributed by atoms with Gasteiger partial charge < -0.3 is 19.8 Å². The lowest BCUT2D eigenvalue weighted by Crippen LogP contribution is -2.44. The van der Waals surface area contributed by atoms with Crippen LogP contribution in [0, 0.1) is 6.92 Å². The van der Waals surface area contributed by atoms with Crippen molar-refractivity contribution < 1.29 is 46.8 Å². The van der Waals surface area contributed by atoms with Gasteiger partial charge in [-0.1, -0.05) is 17.9 Å². The summed E-state index contributed by atoms with van der Waals surface area (Å²) in [5.41, 5.74) is 27.2. The highest BCUT2D eigenvalue weighted by Crippen LogP contribution is 2.43. The standard InChI is InChI=1S/C45H38BrFN7O9P/c1-5-6-7-8-9-10-11-12-13-14-31(3)61-21-22-62-64(59,60)63-29-36(56)17-20-41-48-25-34(26-49-41)33-16-18-38-37(23-33)43(32(4)55)52-54(38)28-42(57)53-27-35(47)24-39(53)45(58)51-44-30(2)15-19-40(46)50-44/h15-16,18-19,23,25-26,35,39H,1,17,20-22,24,27-29H2,2-4H3,(H,59,60)(H,50,51,58)/t35-,39+/m1/s1. The lowest BCUT2D eigenvalue weighted by atomic mass is 10.0. The summed E-state index contributed by atoms with van der Waals surface area (Å²) in [4.78, 5) is 76.1. The van der Waals surface area contributed by atoms with Crippen LogP contribution in [0.1, 0.15) is 48.6 Å². The van der Waals surface area contributed by atoms with Crippen molar-refractivity contribution in [1.29, 1.82) is 0 Å². The first-order valence-corrected chi connectivity index (χ1v) is 21.5. The Kier molecular flexibility index (Phi) is 17.2. The molecule has 326 valence electrons. The van der Waals surface area contributed by atoms with Crippen molar-refractivity contribution in [3.63, 3.8) is 0 Å². The number of pyridine rings is 1. The molecule has 4 aromatic rings. The van der Waals surface area contributed by atoms with Gasteiger partial charge in [0.25, 0.3) is 0 Å². The highest BCUT2D eigenvalue weighted by molar-refractivity contribution is 9.10. The maximum absolute atomic E-state index is 14.7. The quantitative estimate of drug-likeness (QED) is 0.0291. The van der Waals surface area contributed by atoms with Crippen LogP contribution in [0.2, 0.25) is 0 Å². The average molecular weight is 951 g/mol. The minimum absolute atomic E-state index is 0.0923. The largest absolute Gasteiger partial charge is 0.487 e. The number of hydrogen-bond acceptors (Lipinski definition) is 12. The predicted octanol–water partition coefficient (Wildman–Crippen LogP) is 6.48. The molecule has 1 aliphatic heterocycles. The van der Waals surface area contributed by atoms with E-state index >= 15 is 0 Å². The topological polar surface area (TPSA) is 205 Å². The maximum atomic E-state index is 14.7. The summed E-state index contributed by atoms with van der Waals surface area (Å²) in [5.74, 6) is -1.09. The Morgan fingerprint density at radius 3 is 2.39 bits per heavy atom. The zero-order valence-electron chi connectivity index (χ0n) is 34.7. The number of aryl methyl sites for hydroxylation is 2. The van der Waals surface area contributed by atoms with Crippen LogP contribution >= 0.6 is 23.8 Å². The van der Waals surface area contributed by atoms with Crippen molar-refractivity contribution in [2.45, 2.75) is 58.8 Å². The summed E-state index contributed by atoms with van der Waals surface area (Å²) >= 11 is 3.27. The number of halogens is 2. The normalized spacial score (nSPS) is 14.6. The van der Waals surface area contributed by atoms with E-state index in [0.29, 0.717) is 38.0 Å². The first-order valence-electron chi connectivity index (χ1n) is 19.2. The van der Waals surface area contributed by atoms with Crippen molar-refractivity contribution in [2.75, 3.05) is 31.7 Å². The summed E-state index contributed by atoms with van der Waals surface area (Å²) in [6.07, 6.45) is 1.49. The van der Waals surface area contributed by atoms with Crippen LogP contribution in [-0.2, 0) is 45.7 Å². The fourth-order valence-corrected chi connectivity index (χ4v) is 6.98. The number of amides is 2. The SMILES string of the molecule is C=C=C=C=C=C=C=C=C=C=C=C(C)OCCOP(=O)(O)OCC(=O)CCc1ncc(-c2ccc3c(c2)c(C(C)=O)nn3CC(=O)N2C[C@H](F)C[C@H]2C(=O)Nc2nc(Br)ccc2C)cn1. The second kappa shape index (κ2) is 22.9. The third kappa shape index (κ3) is 14.0. The highest BCUT2D eigenvalue weighted by Gasteiger charge is 2.40. The van der Waals surface area contributed by atoms with Gasteiger partial charge in [0.2, 0.25) is 11.8 Å². The number of nitrogens with zero attached hydrogens (tertiary/aromatic N) is 6. The van der Waals surface area contributed by atoms with Crippen molar-refractivity contribution in [3.8, 4) is 11.1 Å². The molecule has 0 radical (unpaired) electrons. The molecule has 4 heterocycles. The van der Waals surface area contributed by atoms with Crippen molar-refractivity contribution in [3.05, 3.63) is 134 Å². The Morgan fingerprint density at radius 1 is 0.984 bits per heavy atom. The van der Waals surface area contributed by atoms with E-state index in [9.17, 15) is 33.0 Å². The molecule has 1 unspecified atom stereocenters. The minimum atomic E-state index is -4.56. The number of Topliss-reactive ketones (excluding diaryl/α,β-unsaturated/α-hetero) is 2. The van der Waals surface area contributed by atoms with E-state index in [0.717, 1.165) is 0 Å². The monoisotopic (exact) mass is 949 g/mol. The lowest BCUT2D eigenvalue weighted by Gasteiger charge is -2.24. The van der Waals surface area contributed by atoms with E-state index < -0.39 is 44.2 Å². The number of ketones is 2. The molecule has 1 aliphatic rings. The number of fused-ring (bicyclic) bond motifs is 1. The first-order chi connectivity index (χ1) is 30.6. The van der Waals surface area contributed by atoms with Gasteiger partial charge in [0.1, 0.15) is 59.7 Å². The van der Waals surface area contributed by atoms with E-state index in [1.165, 1.54) is 28.9 Å². The molecule has 1 saturated heterocycles. The van der Waals surface area contributed by atoms with Gasteiger partial charge >= 0.3 is 7.82 Å². The molecule has 1 fully saturated rings. The zero-order valence-corrected chi connectivity index (χ0v) is 37.1. The molecule has 0 saturated carbocycles. The van der Waals surface area contributed by atoms with Gasteiger partial charge in [0.05, 0.1) is 18.7 Å². The number of carbonyl (C=O) groups is 4. The molecule has 0 aliphatic carbocycles. The number of alkyl halides is 1. The molecule has 19 heteroatoms. The van der Waals surface area contributed by atoms with Gasteiger partial charge in [-0.2, -0.15) is 5.10 Å².